The third-order valence-corrected chi connectivity index (χ3v) is 4.40. The number of rotatable bonds is 8. The lowest BCUT2D eigenvalue weighted by Gasteiger charge is -2.36. The molecule has 0 saturated carbocycles. The van der Waals surface area contributed by atoms with Crippen molar-refractivity contribution in [1.29, 1.82) is 0 Å². The summed E-state index contributed by atoms with van der Waals surface area (Å²) < 4.78 is 6.07. The molecule has 0 spiro atoms. The smallest absolute Gasteiger partial charge is 0.0617 e. The summed E-state index contributed by atoms with van der Waals surface area (Å²) in [5.74, 6) is 0.505. The Bertz CT molecular complexity index is 233. The Balaban J connectivity index is 2.26. The average Bonchev–Trinajstić information content (AvgIpc) is 2.34. The predicted molar refractivity (Wildman–Crippen MR) is 81.8 cm³/mol. The molecular weight excluding hydrogens is 260 g/mol. The van der Waals surface area contributed by atoms with Crippen molar-refractivity contribution in [3.8, 4) is 0 Å². The summed E-state index contributed by atoms with van der Waals surface area (Å²) in [5, 5.41) is 10.3. The lowest BCUT2D eigenvalue weighted by molar-refractivity contribution is -0.0855. The fraction of sp³-hybridized carbons (Fsp3) is 1.00. The maximum atomic E-state index is 10.1. The van der Waals surface area contributed by atoms with Gasteiger partial charge in [-0.3, -0.25) is 0 Å². The van der Waals surface area contributed by atoms with E-state index in [2.05, 4.69) is 20.8 Å². The molecule has 1 aliphatic rings. The van der Waals surface area contributed by atoms with Crippen molar-refractivity contribution in [1.82, 2.24) is 0 Å². The first-order valence-electron chi connectivity index (χ1n) is 8.00. The second-order valence-corrected chi connectivity index (χ2v) is 6.97. The third kappa shape index (κ3) is 6.97. The standard InChI is InChI=1S/C16H31ClO2/c1-4-5-6-7-8-14(18)11-15-9-13(17)10-16(19-15)12(2)3/h12-16,18H,4-11H2,1-3H3/t13-,14-,15-,16+/m1/s1. The molecule has 3 heteroatoms. The van der Waals surface area contributed by atoms with E-state index in [0.29, 0.717) is 5.92 Å². The van der Waals surface area contributed by atoms with Gasteiger partial charge in [0, 0.05) is 5.38 Å². The van der Waals surface area contributed by atoms with Gasteiger partial charge in [-0.1, -0.05) is 46.5 Å². The zero-order valence-corrected chi connectivity index (χ0v) is 13.5. The highest BCUT2D eigenvalue weighted by Gasteiger charge is 2.31. The van der Waals surface area contributed by atoms with Gasteiger partial charge in [-0.25, -0.2) is 0 Å². The molecule has 0 bridgehead atoms. The monoisotopic (exact) mass is 290 g/mol. The molecule has 19 heavy (non-hydrogen) atoms. The minimum atomic E-state index is -0.225. The molecule has 0 unspecified atom stereocenters. The Kier molecular flexibility index (Phi) is 8.36. The molecule has 0 aromatic heterocycles. The van der Waals surface area contributed by atoms with Gasteiger partial charge in [0.2, 0.25) is 0 Å². The Hall–Kier alpha value is 0.210. The van der Waals surface area contributed by atoms with Gasteiger partial charge < -0.3 is 9.84 Å². The van der Waals surface area contributed by atoms with Crippen LogP contribution in [0.5, 0.6) is 0 Å². The average molecular weight is 291 g/mol. The van der Waals surface area contributed by atoms with E-state index in [-0.39, 0.29) is 23.7 Å². The number of aliphatic hydroxyl groups excluding tert-OH is 1. The van der Waals surface area contributed by atoms with Crippen LogP contribution in [0.2, 0.25) is 0 Å². The van der Waals surface area contributed by atoms with Crippen LogP contribution >= 0.6 is 11.6 Å². The quantitative estimate of drug-likeness (QED) is 0.526. The second-order valence-electron chi connectivity index (χ2n) is 6.35. The second kappa shape index (κ2) is 9.20. The maximum Gasteiger partial charge on any atom is 0.0617 e. The van der Waals surface area contributed by atoms with Crippen LogP contribution < -0.4 is 0 Å². The Morgan fingerprint density at radius 2 is 1.95 bits per heavy atom. The highest BCUT2D eigenvalue weighted by molar-refractivity contribution is 6.20. The van der Waals surface area contributed by atoms with E-state index in [9.17, 15) is 5.11 Å². The number of hydrogen-bond donors (Lipinski definition) is 1. The normalized spacial score (nSPS) is 29.7. The summed E-state index contributed by atoms with van der Waals surface area (Å²) in [4.78, 5) is 0. The first-order valence-corrected chi connectivity index (χ1v) is 8.44. The number of unbranched alkanes of at least 4 members (excludes halogenated alkanes) is 3. The molecule has 1 saturated heterocycles. The Morgan fingerprint density at radius 1 is 1.21 bits per heavy atom. The highest BCUT2D eigenvalue weighted by Crippen LogP contribution is 2.30. The number of ether oxygens (including phenoxy) is 1. The van der Waals surface area contributed by atoms with Crippen LogP contribution in [-0.2, 0) is 4.74 Å². The summed E-state index contributed by atoms with van der Waals surface area (Å²) in [6, 6.07) is 0. The van der Waals surface area contributed by atoms with Crippen molar-refractivity contribution < 1.29 is 9.84 Å². The molecule has 0 aromatic rings. The van der Waals surface area contributed by atoms with Crippen LogP contribution in [0, 0.1) is 5.92 Å². The molecule has 1 rings (SSSR count). The van der Waals surface area contributed by atoms with Gasteiger partial charge in [-0.2, -0.15) is 0 Å². The van der Waals surface area contributed by atoms with Gasteiger partial charge in [0.1, 0.15) is 0 Å². The fourth-order valence-corrected chi connectivity index (χ4v) is 3.18. The van der Waals surface area contributed by atoms with E-state index >= 15 is 0 Å². The van der Waals surface area contributed by atoms with Gasteiger partial charge in [0.25, 0.3) is 0 Å². The van der Waals surface area contributed by atoms with Gasteiger partial charge in [0.05, 0.1) is 18.3 Å². The summed E-state index contributed by atoms with van der Waals surface area (Å²) in [6.07, 6.45) is 8.52. The van der Waals surface area contributed by atoms with Gasteiger partial charge >= 0.3 is 0 Å². The van der Waals surface area contributed by atoms with Crippen LogP contribution in [-0.4, -0.2) is 28.8 Å². The van der Waals surface area contributed by atoms with Crippen molar-refractivity contribution in [3.05, 3.63) is 0 Å². The lowest BCUT2D eigenvalue weighted by atomic mass is 9.93. The molecule has 1 aliphatic heterocycles. The lowest BCUT2D eigenvalue weighted by Crippen LogP contribution is -2.38. The van der Waals surface area contributed by atoms with Crippen LogP contribution in [0.3, 0.4) is 0 Å². The van der Waals surface area contributed by atoms with Crippen LogP contribution in [0.4, 0.5) is 0 Å². The number of aliphatic hydroxyl groups is 1. The minimum Gasteiger partial charge on any atom is -0.393 e. The van der Waals surface area contributed by atoms with E-state index < -0.39 is 0 Å². The van der Waals surface area contributed by atoms with Gasteiger partial charge in [-0.05, 0) is 31.6 Å². The van der Waals surface area contributed by atoms with E-state index in [1.165, 1.54) is 19.3 Å². The summed E-state index contributed by atoms with van der Waals surface area (Å²) in [7, 11) is 0. The van der Waals surface area contributed by atoms with Crippen molar-refractivity contribution in [2.24, 2.45) is 5.92 Å². The molecule has 4 atom stereocenters. The topological polar surface area (TPSA) is 29.5 Å². The van der Waals surface area contributed by atoms with Crippen molar-refractivity contribution in [2.75, 3.05) is 0 Å². The largest absolute Gasteiger partial charge is 0.393 e. The third-order valence-electron chi connectivity index (χ3n) is 4.04. The molecule has 1 N–H and O–H groups in total. The first-order chi connectivity index (χ1) is 9.02. The first kappa shape index (κ1) is 17.3. The van der Waals surface area contributed by atoms with Crippen LogP contribution in [0.25, 0.3) is 0 Å². The number of hydrogen-bond acceptors (Lipinski definition) is 2. The Morgan fingerprint density at radius 3 is 2.58 bits per heavy atom. The fourth-order valence-electron chi connectivity index (χ4n) is 2.80. The minimum absolute atomic E-state index is 0.143. The highest BCUT2D eigenvalue weighted by atomic mass is 35.5. The van der Waals surface area contributed by atoms with E-state index in [1.54, 1.807) is 0 Å². The maximum absolute atomic E-state index is 10.1. The van der Waals surface area contributed by atoms with Crippen molar-refractivity contribution in [2.45, 2.75) is 95.8 Å². The SMILES string of the molecule is CCCCCC[C@@H](O)C[C@H]1C[C@@H](Cl)C[C@@H](C(C)C)O1. The molecule has 1 heterocycles. The molecule has 0 radical (unpaired) electrons. The molecule has 2 nitrogen and oxygen atoms in total. The van der Waals surface area contributed by atoms with Gasteiger partial charge in [0.15, 0.2) is 0 Å². The van der Waals surface area contributed by atoms with Crippen molar-refractivity contribution in [3.63, 3.8) is 0 Å². The Labute approximate surface area is 123 Å². The van der Waals surface area contributed by atoms with Crippen LogP contribution in [0.15, 0.2) is 0 Å². The molecular formula is C16H31ClO2. The summed E-state index contributed by atoms with van der Waals surface area (Å²) in [6.45, 7) is 6.56. The predicted octanol–water partition coefficient (Wildman–Crippen LogP) is 4.52. The number of alkyl halides is 1. The zero-order valence-electron chi connectivity index (χ0n) is 12.8. The molecule has 114 valence electrons. The summed E-state index contributed by atoms with van der Waals surface area (Å²) >= 11 is 6.32. The van der Waals surface area contributed by atoms with Crippen LogP contribution in [0.1, 0.15) is 72.1 Å². The van der Waals surface area contributed by atoms with E-state index in [0.717, 1.165) is 32.1 Å². The van der Waals surface area contributed by atoms with Crippen molar-refractivity contribution >= 4 is 11.6 Å². The zero-order chi connectivity index (χ0) is 14.3. The molecule has 0 aliphatic carbocycles. The molecule has 1 fully saturated rings. The van der Waals surface area contributed by atoms with Gasteiger partial charge in [-0.15, -0.1) is 11.6 Å². The van der Waals surface area contributed by atoms with E-state index in [1.807, 2.05) is 0 Å². The number of halogens is 1. The molecule has 0 aromatic carbocycles. The summed E-state index contributed by atoms with van der Waals surface area (Å²) in [5.41, 5.74) is 0. The molecule has 0 amide bonds. The van der Waals surface area contributed by atoms with E-state index in [4.69, 9.17) is 16.3 Å².